The molecule has 0 aliphatic carbocycles. The quantitative estimate of drug-likeness (QED) is 0.559. The molecule has 8 nitrogen and oxygen atoms in total. The number of nitrogens with one attached hydrogen (secondary N) is 1. The van der Waals surface area contributed by atoms with Gasteiger partial charge in [0, 0.05) is 13.0 Å². The molecule has 1 heterocycles. The lowest BCUT2D eigenvalue weighted by atomic mass is 10.1. The largest absolute Gasteiger partial charge is 0.453 e. The van der Waals surface area contributed by atoms with Gasteiger partial charge in [0.2, 0.25) is 0 Å². The van der Waals surface area contributed by atoms with Gasteiger partial charge in [0.25, 0.3) is 17.7 Å². The number of esters is 1. The molecule has 0 unspecified atom stereocenters. The number of carbonyl (C=O) groups excluding carboxylic acids is 4. The minimum Gasteiger partial charge on any atom is -0.453 e. The van der Waals surface area contributed by atoms with E-state index in [9.17, 15) is 19.2 Å². The molecule has 0 saturated carbocycles. The van der Waals surface area contributed by atoms with Gasteiger partial charge in [-0.15, -0.1) is 0 Å². The van der Waals surface area contributed by atoms with Crippen molar-refractivity contribution in [2.75, 3.05) is 11.9 Å². The highest BCUT2D eigenvalue weighted by Gasteiger charge is 2.34. The molecule has 30 heavy (non-hydrogen) atoms. The Balaban J connectivity index is 1.47. The summed E-state index contributed by atoms with van der Waals surface area (Å²) in [6, 6.07) is 15.0. The topological polar surface area (TPSA) is 117 Å². The van der Waals surface area contributed by atoms with Crippen molar-refractivity contribution < 1.29 is 23.9 Å². The summed E-state index contributed by atoms with van der Waals surface area (Å²) >= 11 is 0. The zero-order valence-electron chi connectivity index (χ0n) is 16.3. The van der Waals surface area contributed by atoms with Gasteiger partial charge in [-0.2, -0.15) is 5.26 Å². The Bertz CT molecular complexity index is 1020. The molecule has 0 spiro atoms. The Morgan fingerprint density at radius 2 is 1.67 bits per heavy atom. The van der Waals surface area contributed by atoms with Gasteiger partial charge < -0.3 is 10.1 Å². The zero-order valence-corrected chi connectivity index (χ0v) is 16.3. The summed E-state index contributed by atoms with van der Waals surface area (Å²) in [5.41, 5.74) is 1.34. The van der Waals surface area contributed by atoms with E-state index in [2.05, 4.69) is 5.32 Å². The lowest BCUT2D eigenvalue weighted by molar-refractivity contribution is -0.153. The van der Waals surface area contributed by atoms with Gasteiger partial charge in [-0.3, -0.25) is 24.1 Å². The van der Waals surface area contributed by atoms with Gasteiger partial charge in [0.1, 0.15) is 6.07 Å². The minimum atomic E-state index is -1.07. The molecule has 3 rings (SSSR count). The number of amides is 3. The van der Waals surface area contributed by atoms with Gasteiger partial charge >= 0.3 is 5.97 Å². The summed E-state index contributed by atoms with van der Waals surface area (Å²) in [6.07, 6.45) is -0.904. The van der Waals surface area contributed by atoms with E-state index in [0.717, 1.165) is 4.90 Å². The smallest absolute Gasteiger partial charge is 0.306 e. The van der Waals surface area contributed by atoms with Crippen LogP contribution in [0.1, 0.15) is 46.0 Å². The second kappa shape index (κ2) is 9.01. The summed E-state index contributed by atoms with van der Waals surface area (Å²) in [5, 5.41) is 11.6. The normalized spacial score (nSPS) is 13.4. The third kappa shape index (κ3) is 4.36. The van der Waals surface area contributed by atoms with Crippen LogP contribution in [-0.4, -0.2) is 41.2 Å². The predicted molar refractivity (Wildman–Crippen MR) is 106 cm³/mol. The number of carbonyl (C=O) groups is 4. The van der Waals surface area contributed by atoms with Crippen LogP contribution in [0.2, 0.25) is 0 Å². The van der Waals surface area contributed by atoms with Crippen LogP contribution in [0.15, 0.2) is 48.5 Å². The number of imide groups is 1. The van der Waals surface area contributed by atoms with E-state index >= 15 is 0 Å². The molecule has 0 fully saturated rings. The van der Waals surface area contributed by atoms with E-state index in [1.165, 1.54) is 6.92 Å². The number of hydrogen-bond acceptors (Lipinski definition) is 6. The lowest BCUT2D eigenvalue weighted by Gasteiger charge is -2.15. The Morgan fingerprint density at radius 1 is 1.07 bits per heavy atom. The SMILES string of the molecule is C[C@H](OC(=O)CCCN1C(=O)c2ccccc2C1=O)C(=O)Nc1ccccc1C#N. The second-order valence-electron chi connectivity index (χ2n) is 6.69. The van der Waals surface area contributed by atoms with Crippen LogP contribution in [0.3, 0.4) is 0 Å². The van der Waals surface area contributed by atoms with E-state index < -0.39 is 18.0 Å². The molecule has 1 N–H and O–H groups in total. The van der Waals surface area contributed by atoms with Gasteiger partial charge in [0.15, 0.2) is 6.10 Å². The summed E-state index contributed by atoms with van der Waals surface area (Å²) in [4.78, 5) is 49.9. The van der Waals surface area contributed by atoms with E-state index in [1.54, 1.807) is 48.5 Å². The van der Waals surface area contributed by atoms with Crippen molar-refractivity contribution in [2.45, 2.75) is 25.9 Å². The maximum Gasteiger partial charge on any atom is 0.306 e. The Labute approximate surface area is 173 Å². The van der Waals surface area contributed by atoms with E-state index in [0.29, 0.717) is 22.4 Å². The molecule has 0 radical (unpaired) electrons. The van der Waals surface area contributed by atoms with Crippen LogP contribution in [0.4, 0.5) is 5.69 Å². The zero-order chi connectivity index (χ0) is 21.7. The number of hydrogen-bond donors (Lipinski definition) is 1. The summed E-state index contributed by atoms with van der Waals surface area (Å²) < 4.78 is 5.12. The van der Waals surface area contributed by atoms with Crippen molar-refractivity contribution in [1.29, 1.82) is 5.26 Å². The molecule has 1 atom stereocenters. The van der Waals surface area contributed by atoms with Crippen molar-refractivity contribution in [3.8, 4) is 6.07 Å². The van der Waals surface area contributed by atoms with Crippen LogP contribution in [-0.2, 0) is 14.3 Å². The van der Waals surface area contributed by atoms with Gasteiger partial charge in [-0.25, -0.2) is 0 Å². The van der Waals surface area contributed by atoms with Gasteiger partial charge in [-0.05, 0) is 37.6 Å². The van der Waals surface area contributed by atoms with Crippen LogP contribution >= 0.6 is 0 Å². The van der Waals surface area contributed by atoms with Crippen molar-refractivity contribution in [3.05, 3.63) is 65.2 Å². The maximum absolute atomic E-state index is 12.3. The van der Waals surface area contributed by atoms with Crippen molar-refractivity contribution in [3.63, 3.8) is 0 Å². The average molecular weight is 405 g/mol. The molecule has 1 aliphatic heterocycles. The summed E-state index contributed by atoms with van der Waals surface area (Å²) in [5.74, 6) is -1.95. The highest BCUT2D eigenvalue weighted by atomic mass is 16.5. The maximum atomic E-state index is 12.3. The molecule has 2 aromatic rings. The van der Waals surface area contributed by atoms with Gasteiger partial charge in [0.05, 0.1) is 22.4 Å². The first-order valence-corrected chi connectivity index (χ1v) is 9.37. The molecular weight excluding hydrogens is 386 g/mol. The highest BCUT2D eigenvalue weighted by molar-refractivity contribution is 6.21. The Hall–Kier alpha value is -3.99. The summed E-state index contributed by atoms with van der Waals surface area (Å²) in [7, 11) is 0. The fourth-order valence-corrected chi connectivity index (χ4v) is 3.06. The Morgan fingerprint density at radius 3 is 2.30 bits per heavy atom. The van der Waals surface area contributed by atoms with E-state index in [4.69, 9.17) is 10.00 Å². The first-order chi connectivity index (χ1) is 14.4. The number of fused-ring (bicyclic) bond motifs is 1. The van der Waals surface area contributed by atoms with Crippen LogP contribution in [0, 0.1) is 11.3 Å². The van der Waals surface area contributed by atoms with Crippen LogP contribution < -0.4 is 5.32 Å². The molecule has 1 aliphatic rings. The van der Waals surface area contributed by atoms with E-state index in [1.807, 2.05) is 6.07 Å². The lowest BCUT2D eigenvalue weighted by Crippen LogP contribution is -2.32. The number of nitriles is 1. The average Bonchev–Trinajstić information content (AvgIpc) is 2.99. The third-order valence-electron chi connectivity index (χ3n) is 4.62. The fraction of sp³-hybridized carbons (Fsp3) is 0.227. The number of anilines is 1. The number of ether oxygens (including phenoxy) is 1. The van der Waals surface area contributed by atoms with Gasteiger partial charge in [-0.1, -0.05) is 24.3 Å². The highest BCUT2D eigenvalue weighted by Crippen LogP contribution is 2.22. The third-order valence-corrected chi connectivity index (χ3v) is 4.62. The molecule has 152 valence electrons. The van der Waals surface area contributed by atoms with Crippen LogP contribution in [0.25, 0.3) is 0 Å². The van der Waals surface area contributed by atoms with E-state index in [-0.39, 0.29) is 31.2 Å². The predicted octanol–water partition coefficient (Wildman–Crippen LogP) is 2.50. The second-order valence-corrected chi connectivity index (χ2v) is 6.69. The van der Waals surface area contributed by atoms with Crippen molar-refractivity contribution in [1.82, 2.24) is 4.90 Å². The number of rotatable bonds is 7. The summed E-state index contributed by atoms with van der Waals surface area (Å²) in [6.45, 7) is 1.50. The number of nitrogens with zero attached hydrogens (tertiary/aromatic N) is 2. The van der Waals surface area contributed by atoms with Crippen molar-refractivity contribution >= 4 is 29.4 Å². The molecule has 2 aromatic carbocycles. The van der Waals surface area contributed by atoms with Crippen molar-refractivity contribution in [2.24, 2.45) is 0 Å². The Kier molecular flexibility index (Phi) is 6.23. The first kappa shape index (κ1) is 20.7. The number of benzene rings is 2. The molecule has 0 bridgehead atoms. The molecule has 8 heteroatoms. The molecule has 0 saturated heterocycles. The number of para-hydroxylation sites is 1. The monoisotopic (exact) mass is 405 g/mol. The molecule has 3 amide bonds. The van der Waals surface area contributed by atoms with Crippen LogP contribution in [0.5, 0.6) is 0 Å². The molecular formula is C22H19N3O5. The fourth-order valence-electron chi connectivity index (χ4n) is 3.06. The standard InChI is InChI=1S/C22H19N3O5/c1-14(20(27)24-18-10-5-2-7-15(18)13-23)30-19(26)11-6-12-25-21(28)16-8-3-4-9-17(16)22(25)29/h2-5,7-10,14H,6,11-12H2,1H3,(H,24,27)/t14-/m0/s1. The molecule has 0 aromatic heterocycles. The first-order valence-electron chi connectivity index (χ1n) is 9.37. The minimum absolute atomic E-state index is 0.0557.